The van der Waals surface area contributed by atoms with Gasteiger partial charge >= 0.3 is 0 Å². The van der Waals surface area contributed by atoms with Crippen molar-refractivity contribution in [1.82, 2.24) is 5.32 Å². The second kappa shape index (κ2) is 7.81. The number of nitrogens with zero attached hydrogens (tertiary/aromatic N) is 1. The Morgan fingerprint density at radius 3 is 2.04 bits per heavy atom. The van der Waals surface area contributed by atoms with Gasteiger partial charge < -0.3 is 5.32 Å². The third-order valence-corrected chi connectivity index (χ3v) is 5.30. The Labute approximate surface area is 140 Å². The summed E-state index contributed by atoms with van der Waals surface area (Å²) < 4.78 is 25.6. The van der Waals surface area contributed by atoms with Gasteiger partial charge in [-0.15, -0.1) is 0 Å². The Balaban J connectivity index is 3.09. The number of rotatable bonds is 7. The van der Waals surface area contributed by atoms with Crippen molar-refractivity contribution < 1.29 is 13.2 Å². The van der Waals surface area contributed by atoms with Crippen molar-refractivity contribution in [1.29, 1.82) is 0 Å². The van der Waals surface area contributed by atoms with Gasteiger partial charge in [-0.1, -0.05) is 32.9 Å². The van der Waals surface area contributed by atoms with Crippen LogP contribution in [-0.2, 0) is 21.2 Å². The minimum atomic E-state index is -3.57. The van der Waals surface area contributed by atoms with E-state index in [1.807, 2.05) is 39.8 Å². The smallest absolute Gasteiger partial charge is 0.243 e. The van der Waals surface area contributed by atoms with Gasteiger partial charge in [0.2, 0.25) is 15.9 Å². The van der Waals surface area contributed by atoms with Gasteiger partial charge in [0.25, 0.3) is 0 Å². The molecule has 23 heavy (non-hydrogen) atoms. The molecule has 1 rings (SSSR count). The zero-order valence-electron chi connectivity index (χ0n) is 14.8. The van der Waals surface area contributed by atoms with Gasteiger partial charge in [0.1, 0.15) is 6.04 Å². The summed E-state index contributed by atoms with van der Waals surface area (Å²) in [7, 11) is -3.57. The van der Waals surface area contributed by atoms with E-state index in [-0.39, 0.29) is 17.9 Å². The highest BCUT2D eigenvalue weighted by molar-refractivity contribution is 7.92. The summed E-state index contributed by atoms with van der Waals surface area (Å²) in [4.78, 5) is 12.4. The van der Waals surface area contributed by atoms with Crippen LogP contribution in [0.4, 0.5) is 5.69 Å². The molecule has 0 aliphatic carbocycles. The van der Waals surface area contributed by atoms with Crippen molar-refractivity contribution in [3.05, 3.63) is 29.8 Å². The molecule has 0 fully saturated rings. The van der Waals surface area contributed by atoms with Crippen molar-refractivity contribution in [3.8, 4) is 0 Å². The molecule has 1 N–H and O–H groups in total. The summed E-state index contributed by atoms with van der Waals surface area (Å²) in [6, 6.07) is 6.43. The number of carbonyl (C=O) groups excluding carboxylic acids is 1. The van der Waals surface area contributed by atoms with Crippen LogP contribution in [0, 0.1) is 5.92 Å². The largest absolute Gasteiger partial charge is 0.352 e. The molecule has 0 saturated carbocycles. The van der Waals surface area contributed by atoms with Crippen molar-refractivity contribution >= 4 is 21.6 Å². The lowest BCUT2D eigenvalue weighted by Crippen LogP contribution is -2.50. The SMILES string of the molecule is CCc1ccc(N([C@H](C)C(=O)N[C@H](C)C(C)C)S(C)(=O)=O)cc1. The van der Waals surface area contributed by atoms with E-state index in [2.05, 4.69) is 5.32 Å². The lowest BCUT2D eigenvalue weighted by atomic mass is 10.1. The molecule has 0 unspecified atom stereocenters. The van der Waals surface area contributed by atoms with E-state index in [0.717, 1.165) is 18.2 Å². The highest BCUT2D eigenvalue weighted by Crippen LogP contribution is 2.22. The summed E-state index contributed by atoms with van der Waals surface area (Å²) in [6.45, 7) is 9.57. The summed E-state index contributed by atoms with van der Waals surface area (Å²) >= 11 is 0. The molecule has 6 heteroatoms. The van der Waals surface area contributed by atoms with E-state index in [1.54, 1.807) is 19.1 Å². The Morgan fingerprint density at radius 2 is 1.65 bits per heavy atom. The van der Waals surface area contributed by atoms with E-state index < -0.39 is 16.1 Å². The molecule has 0 saturated heterocycles. The van der Waals surface area contributed by atoms with Crippen molar-refractivity contribution in [2.75, 3.05) is 10.6 Å². The fourth-order valence-electron chi connectivity index (χ4n) is 2.20. The monoisotopic (exact) mass is 340 g/mol. The molecule has 0 radical (unpaired) electrons. The predicted molar refractivity (Wildman–Crippen MR) is 95.0 cm³/mol. The van der Waals surface area contributed by atoms with Crippen LogP contribution in [0.5, 0.6) is 0 Å². The molecule has 2 atom stereocenters. The Bertz CT molecular complexity index is 624. The first-order valence-electron chi connectivity index (χ1n) is 7.96. The maximum atomic E-state index is 12.4. The van der Waals surface area contributed by atoms with Crippen LogP contribution in [0.3, 0.4) is 0 Å². The molecule has 0 aliphatic heterocycles. The quantitative estimate of drug-likeness (QED) is 0.829. The van der Waals surface area contributed by atoms with E-state index in [0.29, 0.717) is 5.69 Å². The maximum absolute atomic E-state index is 12.4. The molecule has 1 amide bonds. The standard InChI is InChI=1S/C17H28N2O3S/c1-7-15-8-10-16(11-9-15)19(23(6,21)22)14(5)17(20)18-13(4)12(2)3/h8-14H,7H2,1-6H3,(H,18,20)/t13-,14-/m1/s1. The highest BCUT2D eigenvalue weighted by Gasteiger charge is 2.29. The number of hydrogen-bond donors (Lipinski definition) is 1. The van der Waals surface area contributed by atoms with Gasteiger partial charge in [-0.2, -0.15) is 0 Å². The number of anilines is 1. The van der Waals surface area contributed by atoms with Gasteiger partial charge in [0.05, 0.1) is 11.9 Å². The van der Waals surface area contributed by atoms with Gasteiger partial charge in [-0.3, -0.25) is 9.10 Å². The molecule has 1 aromatic rings. The minimum Gasteiger partial charge on any atom is -0.352 e. The molecule has 0 aromatic heterocycles. The average Bonchev–Trinajstić information content (AvgIpc) is 2.46. The van der Waals surface area contributed by atoms with E-state index in [1.165, 1.54) is 4.31 Å². The Kier molecular flexibility index (Phi) is 6.62. The van der Waals surface area contributed by atoms with Crippen LogP contribution in [0.2, 0.25) is 0 Å². The fraction of sp³-hybridized carbons (Fsp3) is 0.588. The normalized spacial score (nSPS) is 14.4. The van der Waals surface area contributed by atoms with Crippen LogP contribution >= 0.6 is 0 Å². The van der Waals surface area contributed by atoms with Crippen LogP contribution in [0.1, 0.15) is 40.2 Å². The summed E-state index contributed by atoms with van der Waals surface area (Å²) in [5, 5.41) is 2.88. The first kappa shape index (κ1) is 19.5. The number of hydrogen-bond acceptors (Lipinski definition) is 3. The van der Waals surface area contributed by atoms with Crippen molar-refractivity contribution in [2.45, 2.75) is 53.1 Å². The lowest BCUT2D eigenvalue weighted by Gasteiger charge is -2.30. The summed E-state index contributed by atoms with van der Waals surface area (Å²) in [6.07, 6.45) is 2.00. The second-order valence-electron chi connectivity index (χ2n) is 6.30. The van der Waals surface area contributed by atoms with E-state index >= 15 is 0 Å². The average molecular weight is 340 g/mol. The second-order valence-corrected chi connectivity index (χ2v) is 8.16. The molecule has 0 bridgehead atoms. The lowest BCUT2D eigenvalue weighted by molar-refractivity contribution is -0.122. The molecule has 0 aliphatic rings. The first-order valence-corrected chi connectivity index (χ1v) is 9.81. The van der Waals surface area contributed by atoms with Gasteiger partial charge in [0, 0.05) is 6.04 Å². The van der Waals surface area contributed by atoms with Gasteiger partial charge in [-0.05, 0) is 43.9 Å². The number of carbonyl (C=O) groups is 1. The molecule has 0 spiro atoms. The van der Waals surface area contributed by atoms with E-state index in [9.17, 15) is 13.2 Å². The van der Waals surface area contributed by atoms with Crippen molar-refractivity contribution in [3.63, 3.8) is 0 Å². The Morgan fingerprint density at radius 1 is 1.13 bits per heavy atom. The number of sulfonamides is 1. The number of aryl methyl sites for hydroxylation is 1. The van der Waals surface area contributed by atoms with Gasteiger partial charge in [-0.25, -0.2) is 8.42 Å². The molecular formula is C17H28N2O3S. The van der Waals surface area contributed by atoms with E-state index in [4.69, 9.17) is 0 Å². The van der Waals surface area contributed by atoms with Crippen molar-refractivity contribution in [2.24, 2.45) is 5.92 Å². The van der Waals surface area contributed by atoms with Crippen LogP contribution in [-0.4, -0.2) is 32.7 Å². The third-order valence-electron chi connectivity index (χ3n) is 4.06. The van der Waals surface area contributed by atoms with Crippen LogP contribution < -0.4 is 9.62 Å². The number of benzene rings is 1. The third kappa shape index (κ3) is 5.23. The number of amides is 1. The highest BCUT2D eigenvalue weighted by atomic mass is 32.2. The van der Waals surface area contributed by atoms with Crippen LogP contribution in [0.25, 0.3) is 0 Å². The zero-order valence-corrected chi connectivity index (χ0v) is 15.6. The summed E-state index contributed by atoms with van der Waals surface area (Å²) in [5.74, 6) is -0.0159. The topological polar surface area (TPSA) is 66.5 Å². The summed E-state index contributed by atoms with van der Waals surface area (Å²) in [5.41, 5.74) is 1.62. The molecule has 130 valence electrons. The molecular weight excluding hydrogens is 312 g/mol. The molecule has 1 aromatic carbocycles. The number of nitrogens with one attached hydrogen (secondary N) is 1. The van der Waals surface area contributed by atoms with Crippen LogP contribution in [0.15, 0.2) is 24.3 Å². The Hall–Kier alpha value is -1.56. The molecule has 5 nitrogen and oxygen atoms in total. The minimum absolute atomic E-state index is 0.0196. The fourth-order valence-corrected chi connectivity index (χ4v) is 3.37. The van der Waals surface area contributed by atoms with Gasteiger partial charge in [0.15, 0.2) is 0 Å². The zero-order chi connectivity index (χ0) is 17.8. The predicted octanol–water partition coefficient (Wildman–Crippen LogP) is 2.56. The molecule has 0 heterocycles. The first-order chi connectivity index (χ1) is 10.6. The maximum Gasteiger partial charge on any atom is 0.243 e.